The van der Waals surface area contributed by atoms with Gasteiger partial charge in [-0.15, -0.1) is 0 Å². The molecule has 20 heavy (non-hydrogen) atoms. The van der Waals surface area contributed by atoms with Gasteiger partial charge >= 0.3 is 0 Å². The number of rotatable bonds is 4. The third-order valence-electron chi connectivity index (χ3n) is 3.81. The summed E-state index contributed by atoms with van der Waals surface area (Å²) in [6.45, 7) is 0. The highest BCUT2D eigenvalue weighted by atomic mass is 32.1. The van der Waals surface area contributed by atoms with E-state index in [1.807, 2.05) is 0 Å². The largest absolute Gasteiger partial charge is 0.391 e. The van der Waals surface area contributed by atoms with Crippen LogP contribution in [-0.4, -0.2) is 16.4 Å². The summed E-state index contributed by atoms with van der Waals surface area (Å²) in [6.07, 6.45) is 4.88. The van der Waals surface area contributed by atoms with Gasteiger partial charge in [0.15, 0.2) is 0 Å². The van der Waals surface area contributed by atoms with Crippen LogP contribution in [0.3, 0.4) is 0 Å². The molecule has 1 aliphatic rings. The van der Waals surface area contributed by atoms with Gasteiger partial charge in [-0.1, -0.05) is 43.6 Å². The minimum atomic E-state index is -0.558. The average molecular weight is 294 g/mol. The van der Waals surface area contributed by atoms with Crippen molar-refractivity contribution in [3.8, 4) is 0 Å². The van der Waals surface area contributed by atoms with Crippen LogP contribution in [0.15, 0.2) is 24.3 Å². The van der Waals surface area contributed by atoms with E-state index in [4.69, 9.17) is 18.0 Å². The van der Waals surface area contributed by atoms with E-state index in [1.54, 1.807) is 12.1 Å². The van der Waals surface area contributed by atoms with Crippen molar-refractivity contribution < 1.29 is 9.18 Å². The third-order valence-corrected chi connectivity index (χ3v) is 4.20. The number of thiocarbonyl (C=S) groups is 1. The molecule has 0 saturated heterocycles. The zero-order valence-corrected chi connectivity index (χ0v) is 12.1. The first-order valence-corrected chi connectivity index (χ1v) is 7.28. The molecule has 0 spiro atoms. The SMILES string of the molecule is NC(=S)C1(NC(=O)Cc2cccc(F)c2)CCCCC1. The maximum atomic E-state index is 13.1. The van der Waals surface area contributed by atoms with E-state index in [0.29, 0.717) is 10.6 Å². The lowest BCUT2D eigenvalue weighted by Gasteiger charge is -2.37. The number of nitrogens with two attached hydrogens (primary N) is 1. The van der Waals surface area contributed by atoms with Crippen molar-refractivity contribution in [2.24, 2.45) is 5.73 Å². The van der Waals surface area contributed by atoms with Gasteiger partial charge in [0.25, 0.3) is 0 Å². The first-order valence-electron chi connectivity index (χ1n) is 6.87. The average Bonchev–Trinajstić information content (AvgIpc) is 2.39. The molecular weight excluding hydrogens is 275 g/mol. The highest BCUT2D eigenvalue weighted by Gasteiger charge is 2.36. The summed E-state index contributed by atoms with van der Waals surface area (Å²) in [5.74, 6) is -0.498. The summed E-state index contributed by atoms with van der Waals surface area (Å²) in [7, 11) is 0. The van der Waals surface area contributed by atoms with Gasteiger partial charge in [0.2, 0.25) is 5.91 Å². The van der Waals surface area contributed by atoms with Crippen LogP contribution in [0.4, 0.5) is 4.39 Å². The maximum Gasteiger partial charge on any atom is 0.225 e. The van der Waals surface area contributed by atoms with Crippen LogP contribution in [0.5, 0.6) is 0 Å². The predicted octanol–water partition coefficient (Wildman–Crippen LogP) is 2.47. The summed E-state index contributed by atoms with van der Waals surface area (Å²) in [4.78, 5) is 12.5. The molecule has 3 N–H and O–H groups in total. The lowest BCUT2D eigenvalue weighted by molar-refractivity contribution is -0.121. The Labute approximate surface area is 123 Å². The Morgan fingerprint density at radius 2 is 2.05 bits per heavy atom. The fourth-order valence-corrected chi connectivity index (χ4v) is 2.99. The molecule has 1 saturated carbocycles. The van der Waals surface area contributed by atoms with Crippen LogP contribution in [-0.2, 0) is 11.2 Å². The highest BCUT2D eigenvalue weighted by Crippen LogP contribution is 2.28. The fourth-order valence-electron chi connectivity index (χ4n) is 2.73. The number of benzene rings is 1. The second kappa shape index (κ2) is 6.31. The topological polar surface area (TPSA) is 55.1 Å². The normalized spacial score (nSPS) is 17.4. The van der Waals surface area contributed by atoms with E-state index >= 15 is 0 Å². The summed E-state index contributed by atoms with van der Waals surface area (Å²) in [5, 5.41) is 2.97. The van der Waals surface area contributed by atoms with Crippen molar-refractivity contribution in [2.75, 3.05) is 0 Å². The number of carbonyl (C=O) groups is 1. The second-order valence-electron chi connectivity index (χ2n) is 5.36. The second-order valence-corrected chi connectivity index (χ2v) is 5.80. The number of carbonyl (C=O) groups excluding carboxylic acids is 1. The fraction of sp³-hybridized carbons (Fsp3) is 0.467. The number of hydrogen-bond donors (Lipinski definition) is 2. The Bertz CT molecular complexity index is 512. The molecule has 0 aromatic heterocycles. The molecule has 0 unspecified atom stereocenters. The van der Waals surface area contributed by atoms with Crippen molar-refractivity contribution in [2.45, 2.75) is 44.1 Å². The molecule has 0 radical (unpaired) electrons. The van der Waals surface area contributed by atoms with Crippen molar-refractivity contribution in [1.29, 1.82) is 0 Å². The molecule has 108 valence electrons. The van der Waals surface area contributed by atoms with Gasteiger partial charge in [-0.3, -0.25) is 4.79 Å². The number of halogens is 1. The van der Waals surface area contributed by atoms with Crippen LogP contribution in [0.25, 0.3) is 0 Å². The monoisotopic (exact) mass is 294 g/mol. The van der Waals surface area contributed by atoms with Crippen LogP contribution >= 0.6 is 12.2 Å². The molecule has 0 atom stereocenters. The van der Waals surface area contributed by atoms with Crippen LogP contribution < -0.4 is 11.1 Å². The van der Waals surface area contributed by atoms with Crippen LogP contribution in [0, 0.1) is 5.82 Å². The Balaban J connectivity index is 2.03. The van der Waals surface area contributed by atoms with Gasteiger partial charge in [-0.05, 0) is 30.5 Å². The minimum absolute atomic E-state index is 0.141. The standard InChI is InChI=1S/C15H19FN2OS/c16-12-6-4-5-11(9-12)10-13(19)18-15(14(17)20)7-2-1-3-8-15/h4-6,9H,1-3,7-8,10H2,(H2,17,20)(H,18,19). The summed E-state index contributed by atoms with van der Waals surface area (Å²) >= 11 is 5.13. The van der Waals surface area contributed by atoms with Crippen LogP contribution in [0.2, 0.25) is 0 Å². The molecule has 1 aliphatic carbocycles. The molecular formula is C15H19FN2OS. The first kappa shape index (κ1) is 14.9. The predicted molar refractivity (Wildman–Crippen MR) is 80.8 cm³/mol. The van der Waals surface area contributed by atoms with E-state index < -0.39 is 5.54 Å². The molecule has 2 rings (SSSR count). The molecule has 0 aliphatic heterocycles. The molecule has 1 fully saturated rings. The van der Waals surface area contributed by atoms with Crippen molar-refractivity contribution in [3.63, 3.8) is 0 Å². The number of amides is 1. The van der Waals surface area contributed by atoms with Crippen LogP contribution in [0.1, 0.15) is 37.7 Å². The zero-order valence-electron chi connectivity index (χ0n) is 11.3. The van der Waals surface area contributed by atoms with E-state index in [1.165, 1.54) is 12.1 Å². The minimum Gasteiger partial charge on any atom is -0.391 e. The smallest absolute Gasteiger partial charge is 0.225 e. The Kier molecular flexibility index (Phi) is 4.70. The molecule has 0 bridgehead atoms. The van der Waals surface area contributed by atoms with Gasteiger partial charge in [0.1, 0.15) is 5.82 Å². The molecule has 5 heteroatoms. The molecule has 1 aromatic carbocycles. The van der Waals surface area contributed by atoms with E-state index in [-0.39, 0.29) is 18.1 Å². The Morgan fingerprint density at radius 1 is 1.35 bits per heavy atom. The van der Waals surface area contributed by atoms with E-state index in [0.717, 1.165) is 32.1 Å². The van der Waals surface area contributed by atoms with Gasteiger partial charge in [0.05, 0.1) is 16.9 Å². The number of nitrogens with one attached hydrogen (secondary N) is 1. The summed E-state index contributed by atoms with van der Waals surface area (Å²) < 4.78 is 13.1. The lowest BCUT2D eigenvalue weighted by Crippen LogP contribution is -2.58. The quantitative estimate of drug-likeness (QED) is 0.839. The van der Waals surface area contributed by atoms with Crippen molar-refractivity contribution in [3.05, 3.63) is 35.6 Å². The molecule has 3 nitrogen and oxygen atoms in total. The van der Waals surface area contributed by atoms with Gasteiger partial charge < -0.3 is 11.1 Å². The van der Waals surface area contributed by atoms with Gasteiger partial charge in [-0.25, -0.2) is 4.39 Å². The third kappa shape index (κ3) is 3.54. The van der Waals surface area contributed by atoms with Crippen molar-refractivity contribution >= 4 is 23.1 Å². The first-order chi connectivity index (χ1) is 9.52. The Morgan fingerprint density at radius 3 is 2.65 bits per heavy atom. The maximum absolute atomic E-state index is 13.1. The van der Waals surface area contributed by atoms with Crippen molar-refractivity contribution in [1.82, 2.24) is 5.32 Å². The molecule has 1 aromatic rings. The van der Waals surface area contributed by atoms with E-state index in [9.17, 15) is 9.18 Å². The molecule has 1 amide bonds. The zero-order chi connectivity index (χ0) is 14.6. The summed E-state index contributed by atoms with van der Waals surface area (Å²) in [6, 6.07) is 6.06. The summed E-state index contributed by atoms with van der Waals surface area (Å²) in [5.41, 5.74) is 5.92. The lowest BCUT2D eigenvalue weighted by atomic mass is 9.81. The Hall–Kier alpha value is -1.49. The van der Waals surface area contributed by atoms with E-state index in [2.05, 4.69) is 5.32 Å². The van der Waals surface area contributed by atoms with Gasteiger partial charge in [-0.2, -0.15) is 0 Å². The number of hydrogen-bond acceptors (Lipinski definition) is 2. The van der Waals surface area contributed by atoms with Gasteiger partial charge in [0, 0.05) is 0 Å². The highest BCUT2D eigenvalue weighted by molar-refractivity contribution is 7.80. The molecule has 0 heterocycles.